The molecule has 0 radical (unpaired) electrons. The van der Waals surface area contributed by atoms with Crippen LogP contribution in [0.3, 0.4) is 0 Å². The van der Waals surface area contributed by atoms with E-state index < -0.39 is 11.7 Å². The number of H-pyrrole nitrogens is 1. The largest absolute Gasteiger partial charge is 0.360 e. The van der Waals surface area contributed by atoms with E-state index in [2.05, 4.69) is 20.4 Å². The lowest BCUT2D eigenvalue weighted by Crippen LogP contribution is -2.24. The predicted molar refractivity (Wildman–Crippen MR) is 125 cm³/mol. The monoisotopic (exact) mass is 441 g/mol. The number of Topliss-reactive ketones (excluding diaryl/α,β-unsaturated/α-hetero) is 1. The fraction of sp³-hybridized carbons (Fsp3) is 0.0833. The number of aromatic nitrogens is 4. The molecule has 0 saturated heterocycles. The average Bonchev–Trinajstić information content (AvgIpc) is 3.52. The summed E-state index contributed by atoms with van der Waals surface area (Å²) in [7, 11) is 0. The molecule has 0 atom stereocenters. The quantitative estimate of drug-likeness (QED) is 0.299. The van der Waals surface area contributed by atoms with Crippen LogP contribution in [0.15, 0.2) is 66.2 Å². The van der Waals surface area contributed by atoms with Gasteiger partial charge in [-0.3, -0.25) is 9.59 Å². The molecule has 0 saturated carbocycles. The van der Waals surface area contributed by atoms with E-state index in [9.17, 15) is 9.59 Å². The molecular weight excluding hydrogens is 422 g/mol. The first-order valence-electron chi connectivity index (χ1n) is 10.0. The van der Waals surface area contributed by atoms with E-state index in [1.165, 1.54) is 16.9 Å². The third-order valence-corrected chi connectivity index (χ3v) is 5.95. The number of para-hydroxylation sites is 1. The second kappa shape index (κ2) is 7.90. The lowest BCUT2D eigenvalue weighted by Gasteiger charge is -2.06. The molecule has 0 spiro atoms. The molecule has 7 nitrogen and oxygen atoms in total. The van der Waals surface area contributed by atoms with E-state index in [1.54, 1.807) is 16.9 Å². The highest BCUT2D eigenvalue weighted by Crippen LogP contribution is 2.27. The number of aromatic amines is 1. The second-order valence-electron chi connectivity index (χ2n) is 7.50. The summed E-state index contributed by atoms with van der Waals surface area (Å²) in [6, 6.07) is 17.2. The summed E-state index contributed by atoms with van der Waals surface area (Å²) in [5.41, 5.74) is 4.84. The van der Waals surface area contributed by atoms with Gasteiger partial charge in [0.2, 0.25) is 5.13 Å². The van der Waals surface area contributed by atoms with Crippen molar-refractivity contribution in [3.8, 4) is 16.4 Å². The normalized spacial score (nSPS) is 11.1. The highest BCUT2D eigenvalue weighted by Gasteiger charge is 2.22. The fourth-order valence-electron chi connectivity index (χ4n) is 3.51. The number of aryl methyl sites for hydroxylation is 2. The van der Waals surface area contributed by atoms with Crippen LogP contribution >= 0.6 is 11.3 Å². The van der Waals surface area contributed by atoms with Crippen LogP contribution in [0.2, 0.25) is 0 Å². The van der Waals surface area contributed by atoms with E-state index in [4.69, 9.17) is 0 Å². The molecule has 8 heteroatoms. The van der Waals surface area contributed by atoms with Crippen LogP contribution in [-0.4, -0.2) is 31.4 Å². The lowest BCUT2D eigenvalue weighted by molar-refractivity contribution is -0.112. The molecule has 0 bridgehead atoms. The van der Waals surface area contributed by atoms with Crippen molar-refractivity contribution in [3.05, 3.63) is 83.0 Å². The zero-order valence-electron chi connectivity index (χ0n) is 17.4. The maximum absolute atomic E-state index is 12.8. The van der Waals surface area contributed by atoms with Crippen LogP contribution in [0, 0.1) is 13.8 Å². The minimum Gasteiger partial charge on any atom is -0.360 e. The first kappa shape index (κ1) is 19.9. The van der Waals surface area contributed by atoms with Gasteiger partial charge >= 0.3 is 0 Å². The van der Waals surface area contributed by atoms with Crippen molar-refractivity contribution in [2.45, 2.75) is 13.8 Å². The van der Waals surface area contributed by atoms with Crippen molar-refractivity contribution in [1.29, 1.82) is 0 Å². The first-order valence-corrected chi connectivity index (χ1v) is 10.9. The van der Waals surface area contributed by atoms with Gasteiger partial charge in [-0.1, -0.05) is 48.0 Å². The Hall–Kier alpha value is -4.04. The van der Waals surface area contributed by atoms with Crippen molar-refractivity contribution in [3.63, 3.8) is 0 Å². The van der Waals surface area contributed by atoms with Crippen molar-refractivity contribution in [2.24, 2.45) is 0 Å². The lowest BCUT2D eigenvalue weighted by atomic mass is 10.1. The van der Waals surface area contributed by atoms with Gasteiger partial charge in [0.1, 0.15) is 5.82 Å². The smallest absolute Gasteiger partial charge is 0.298 e. The Kier molecular flexibility index (Phi) is 4.91. The van der Waals surface area contributed by atoms with Crippen LogP contribution in [0.25, 0.3) is 27.3 Å². The van der Waals surface area contributed by atoms with Crippen LogP contribution in [0.5, 0.6) is 0 Å². The summed E-state index contributed by atoms with van der Waals surface area (Å²) >= 11 is 1.41. The molecular formula is C24H19N5O2S. The van der Waals surface area contributed by atoms with Gasteiger partial charge in [0.05, 0.1) is 17.0 Å². The van der Waals surface area contributed by atoms with Gasteiger partial charge in [0.25, 0.3) is 11.7 Å². The SMILES string of the molecule is Cc1ccc(-c2csc(-n3nc(C)cc3NC(=O)C(=O)c3c[nH]c4ccccc34)n2)cc1. The zero-order chi connectivity index (χ0) is 22.2. The average molecular weight is 442 g/mol. The number of hydrogen-bond donors (Lipinski definition) is 2. The summed E-state index contributed by atoms with van der Waals surface area (Å²) in [5, 5.41) is 10.4. The summed E-state index contributed by atoms with van der Waals surface area (Å²) < 4.78 is 1.55. The van der Waals surface area contributed by atoms with Crippen molar-refractivity contribution in [1.82, 2.24) is 19.7 Å². The van der Waals surface area contributed by atoms with Gasteiger partial charge in [-0.2, -0.15) is 9.78 Å². The van der Waals surface area contributed by atoms with E-state index in [0.29, 0.717) is 27.6 Å². The summed E-state index contributed by atoms with van der Waals surface area (Å²) in [5.74, 6) is -0.955. The number of rotatable bonds is 5. The fourth-order valence-corrected chi connectivity index (χ4v) is 4.30. The van der Waals surface area contributed by atoms with Gasteiger partial charge in [0.15, 0.2) is 0 Å². The predicted octanol–water partition coefficient (Wildman–Crippen LogP) is 4.92. The van der Waals surface area contributed by atoms with Crippen molar-refractivity contribution >= 4 is 39.7 Å². The second-order valence-corrected chi connectivity index (χ2v) is 8.33. The van der Waals surface area contributed by atoms with Crippen LogP contribution in [0.1, 0.15) is 21.6 Å². The highest BCUT2D eigenvalue weighted by molar-refractivity contribution is 7.12. The number of amides is 1. The van der Waals surface area contributed by atoms with Gasteiger partial charge in [-0.05, 0) is 19.9 Å². The summed E-state index contributed by atoms with van der Waals surface area (Å²) in [6.45, 7) is 3.86. The molecule has 5 rings (SSSR count). The number of benzene rings is 2. The maximum Gasteiger partial charge on any atom is 0.298 e. The number of anilines is 1. The highest BCUT2D eigenvalue weighted by atomic mass is 32.1. The molecule has 0 aliphatic carbocycles. The number of hydrogen-bond acceptors (Lipinski definition) is 5. The van der Waals surface area contributed by atoms with E-state index >= 15 is 0 Å². The number of fused-ring (bicyclic) bond motifs is 1. The minimum absolute atomic E-state index is 0.330. The molecule has 5 aromatic rings. The molecule has 3 aromatic heterocycles. The van der Waals surface area contributed by atoms with Crippen LogP contribution in [-0.2, 0) is 4.79 Å². The van der Waals surface area contributed by atoms with Crippen molar-refractivity contribution in [2.75, 3.05) is 5.32 Å². The number of ketones is 1. The Bertz CT molecular complexity index is 1460. The number of carbonyl (C=O) groups is 2. The Morgan fingerprint density at radius 2 is 1.84 bits per heavy atom. The molecule has 0 unspecified atom stereocenters. The number of nitrogens with one attached hydrogen (secondary N) is 2. The minimum atomic E-state index is -0.730. The topological polar surface area (TPSA) is 92.7 Å². The molecule has 0 aliphatic rings. The van der Waals surface area contributed by atoms with Gasteiger partial charge < -0.3 is 10.3 Å². The van der Waals surface area contributed by atoms with Crippen LogP contribution < -0.4 is 5.32 Å². The molecule has 2 aromatic carbocycles. The molecule has 158 valence electrons. The van der Waals surface area contributed by atoms with E-state index in [-0.39, 0.29) is 0 Å². The van der Waals surface area contributed by atoms with E-state index in [0.717, 1.165) is 16.8 Å². The number of carbonyl (C=O) groups excluding carboxylic acids is 2. The van der Waals surface area contributed by atoms with Crippen LogP contribution in [0.4, 0.5) is 5.82 Å². The standard InChI is InChI=1S/C24H19N5O2S/c1-14-7-9-16(10-8-14)20-13-32-24(26-20)29-21(11-15(2)28-29)27-23(31)22(30)18-12-25-19-6-4-3-5-17(18)19/h3-13,25H,1-2H3,(H,27,31). The Labute approximate surface area is 187 Å². The number of nitrogens with zero attached hydrogens (tertiary/aromatic N) is 3. The molecule has 2 N–H and O–H groups in total. The summed E-state index contributed by atoms with van der Waals surface area (Å²) in [6.07, 6.45) is 1.56. The molecule has 0 fully saturated rings. The third kappa shape index (κ3) is 3.61. The van der Waals surface area contributed by atoms with Gasteiger partial charge in [-0.25, -0.2) is 4.98 Å². The van der Waals surface area contributed by atoms with Gasteiger partial charge in [-0.15, -0.1) is 11.3 Å². The third-order valence-electron chi connectivity index (χ3n) is 5.13. The Morgan fingerprint density at radius 3 is 2.66 bits per heavy atom. The zero-order valence-corrected chi connectivity index (χ0v) is 18.2. The first-order chi connectivity index (χ1) is 15.5. The van der Waals surface area contributed by atoms with Gasteiger partial charge in [0, 0.05) is 34.1 Å². The molecule has 32 heavy (non-hydrogen) atoms. The summed E-state index contributed by atoms with van der Waals surface area (Å²) in [4.78, 5) is 33.3. The Balaban J connectivity index is 1.42. The molecule has 3 heterocycles. The Morgan fingerprint density at radius 1 is 1.06 bits per heavy atom. The molecule has 1 amide bonds. The number of thiazole rings is 1. The maximum atomic E-state index is 12.8. The molecule has 0 aliphatic heterocycles. The van der Waals surface area contributed by atoms with E-state index in [1.807, 2.05) is 67.8 Å². The van der Waals surface area contributed by atoms with Crippen molar-refractivity contribution < 1.29 is 9.59 Å².